The van der Waals surface area contributed by atoms with E-state index in [1.165, 1.54) is 7.11 Å². The third-order valence-electron chi connectivity index (χ3n) is 2.14. The molecule has 0 saturated carbocycles. The molecule has 15 heavy (non-hydrogen) atoms. The fourth-order valence-corrected chi connectivity index (χ4v) is 1.23. The minimum absolute atomic E-state index is 0.149. The fourth-order valence-electron chi connectivity index (χ4n) is 1.23. The Morgan fingerprint density at radius 2 is 2.40 bits per heavy atom. The van der Waals surface area contributed by atoms with Crippen LogP contribution in [0.25, 0.3) is 0 Å². The molecule has 0 spiro atoms. The van der Waals surface area contributed by atoms with Gasteiger partial charge in [-0.25, -0.2) is 0 Å². The molecule has 0 aliphatic heterocycles. The molecule has 1 aromatic rings. The molecular weight excluding hydrogens is 192 g/mol. The monoisotopic (exact) mass is 208 g/mol. The number of esters is 1. The van der Waals surface area contributed by atoms with Gasteiger partial charge in [0.25, 0.3) is 0 Å². The predicted octanol–water partition coefficient (Wildman–Crippen LogP) is 1.30. The highest BCUT2D eigenvalue weighted by atomic mass is 16.5. The molecule has 1 atom stereocenters. The van der Waals surface area contributed by atoms with Gasteiger partial charge in [0.2, 0.25) is 0 Å². The first-order valence-corrected chi connectivity index (χ1v) is 4.95. The number of carbonyl (C=O) groups is 1. The van der Waals surface area contributed by atoms with Crippen molar-refractivity contribution in [1.82, 2.24) is 10.3 Å². The van der Waals surface area contributed by atoms with E-state index in [2.05, 4.69) is 15.0 Å². The minimum Gasteiger partial charge on any atom is -0.469 e. The lowest BCUT2D eigenvalue weighted by atomic mass is 10.2. The number of nitrogens with zero attached hydrogens (tertiary/aromatic N) is 1. The van der Waals surface area contributed by atoms with E-state index in [0.29, 0.717) is 13.0 Å². The van der Waals surface area contributed by atoms with E-state index < -0.39 is 0 Å². The van der Waals surface area contributed by atoms with Gasteiger partial charge in [-0.1, -0.05) is 6.07 Å². The first-order valence-electron chi connectivity index (χ1n) is 4.95. The van der Waals surface area contributed by atoms with Crippen molar-refractivity contribution >= 4 is 5.97 Å². The second-order valence-corrected chi connectivity index (χ2v) is 3.26. The van der Waals surface area contributed by atoms with E-state index in [1.54, 1.807) is 6.20 Å². The maximum absolute atomic E-state index is 10.9. The molecule has 1 N–H and O–H groups in total. The largest absolute Gasteiger partial charge is 0.469 e. The molecule has 1 rings (SSSR count). The molecule has 0 aliphatic rings. The van der Waals surface area contributed by atoms with Crippen LogP contribution in [0.1, 0.15) is 25.1 Å². The van der Waals surface area contributed by atoms with Crippen molar-refractivity contribution in [2.45, 2.75) is 19.4 Å². The Kier molecular flexibility index (Phi) is 4.77. The Hall–Kier alpha value is -1.42. The van der Waals surface area contributed by atoms with Crippen molar-refractivity contribution in [2.75, 3.05) is 13.7 Å². The molecule has 0 radical (unpaired) electrons. The third-order valence-corrected chi connectivity index (χ3v) is 2.14. The molecule has 0 aliphatic carbocycles. The predicted molar refractivity (Wildman–Crippen MR) is 57.3 cm³/mol. The maximum Gasteiger partial charge on any atom is 0.306 e. The third kappa shape index (κ3) is 4.08. The average molecular weight is 208 g/mol. The molecule has 4 heteroatoms. The molecule has 82 valence electrons. The van der Waals surface area contributed by atoms with E-state index in [1.807, 2.05) is 25.1 Å². The zero-order chi connectivity index (χ0) is 11.1. The SMILES string of the molecule is COC(=O)CCN[C@H](C)c1ccccn1. The first-order chi connectivity index (χ1) is 7.24. The summed E-state index contributed by atoms with van der Waals surface area (Å²) in [5.74, 6) is -0.198. The lowest BCUT2D eigenvalue weighted by molar-refractivity contribution is -0.140. The van der Waals surface area contributed by atoms with E-state index in [-0.39, 0.29) is 12.0 Å². The van der Waals surface area contributed by atoms with Crippen LogP contribution in [-0.2, 0) is 9.53 Å². The van der Waals surface area contributed by atoms with Gasteiger partial charge in [0.15, 0.2) is 0 Å². The number of ether oxygens (including phenoxy) is 1. The maximum atomic E-state index is 10.9. The van der Waals surface area contributed by atoms with Gasteiger partial charge in [-0.05, 0) is 19.1 Å². The number of methoxy groups -OCH3 is 1. The van der Waals surface area contributed by atoms with Crippen molar-refractivity contribution in [1.29, 1.82) is 0 Å². The van der Waals surface area contributed by atoms with Crippen LogP contribution >= 0.6 is 0 Å². The van der Waals surface area contributed by atoms with E-state index >= 15 is 0 Å². The van der Waals surface area contributed by atoms with E-state index in [4.69, 9.17) is 0 Å². The molecule has 0 fully saturated rings. The van der Waals surface area contributed by atoms with Crippen LogP contribution in [0, 0.1) is 0 Å². The van der Waals surface area contributed by atoms with Crippen molar-refractivity contribution in [3.05, 3.63) is 30.1 Å². The molecule has 0 aromatic carbocycles. The van der Waals surface area contributed by atoms with Crippen molar-refractivity contribution in [2.24, 2.45) is 0 Å². The Morgan fingerprint density at radius 1 is 1.60 bits per heavy atom. The highest BCUT2D eigenvalue weighted by Gasteiger charge is 2.06. The van der Waals surface area contributed by atoms with Gasteiger partial charge >= 0.3 is 5.97 Å². The normalized spacial score (nSPS) is 12.1. The molecular formula is C11H16N2O2. The fraction of sp³-hybridized carbons (Fsp3) is 0.455. The Morgan fingerprint density at radius 3 is 3.00 bits per heavy atom. The number of hydrogen-bond acceptors (Lipinski definition) is 4. The smallest absolute Gasteiger partial charge is 0.306 e. The number of carbonyl (C=O) groups excluding carboxylic acids is 1. The summed E-state index contributed by atoms with van der Waals surface area (Å²) < 4.78 is 4.54. The highest BCUT2D eigenvalue weighted by Crippen LogP contribution is 2.07. The number of hydrogen-bond donors (Lipinski definition) is 1. The van der Waals surface area contributed by atoms with Crippen LogP contribution in [0.4, 0.5) is 0 Å². The van der Waals surface area contributed by atoms with Gasteiger partial charge in [0, 0.05) is 18.8 Å². The van der Waals surface area contributed by atoms with Crippen LogP contribution in [0.5, 0.6) is 0 Å². The summed E-state index contributed by atoms with van der Waals surface area (Å²) in [6.07, 6.45) is 2.14. The van der Waals surface area contributed by atoms with Gasteiger partial charge < -0.3 is 10.1 Å². The Bertz CT molecular complexity index is 301. The van der Waals surface area contributed by atoms with Crippen molar-refractivity contribution in [3.63, 3.8) is 0 Å². The summed E-state index contributed by atoms with van der Waals surface area (Å²) in [4.78, 5) is 15.1. The summed E-state index contributed by atoms with van der Waals surface area (Å²) in [5.41, 5.74) is 0.974. The zero-order valence-electron chi connectivity index (χ0n) is 9.06. The molecule has 4 nitrogen and oxygen atoms in total. The second-order valence-electron chi connectivity index (χ2n) is 3.26. The molecule has 1 aromatic heterocycles. The highest BCUT2D eigenvalue weighted by molar-refractivity contribution is 5.69. The number of pyridine rings is 1. The van der Waals surface area contributed by atoms with Crippen LogP contribution in [0.3, 0.4) is 0 Å². The quantitative estimate of drug-likeness (QED) is 0.741. The summed E-state index contributed by atoms with van der Waals surface area (Å²) in [6.45, 7) is 2.62. The molecule has 0 unspecified atom stereocenters. The van der Waals surface area contributed by atoms with Gasteiger partial charge in [-0.15, -0.1) is 0 Å². The summed E-state index contributed by atoms with van der Waals surface area (Å²) in [5, 5.41) is 3.20. The van der Waals surface area contributed by atoms with Crippen molar-refractivity contribution < 1.29 is 9.53 Å². The standard InChI is InChI=1S/C11H16N2O2/c1-9(10-5-3-4-7-13-10)12-8-6-11(14)15-2/h3-5,7,9,12H,6,8H2,1-2H3/t9-/m1/s1. The molecule has 1 heterocycles. The first kappa shape index (κ1) is 11.7. The lowest BCUT2D eigenvalue weighted by Crippen LogP contribution is -2.23. The van der Waals surface area contributed by atoms with Gasteiger partial charge in [-0.3, -0.25) is 9.78 Å². The van der Waals surface area contributed by atoms with Gasteiger partial charge in [0.1, 0.15) is 0 Å². The zero-order valence-corrected chi connectivity index (χ0v) is 9.06. The molecule has 0 bridgehead atoms. The lowest BCUT2D eigenvalue weighted by Gasteiger charge is -2.12. The molecule has 0 amide bonds. The van der Waals surface area contributed by atoms with Crippen LogP contribution in [-0.4, -0.2) is 24.6 Å². The van der Waals surface area contributed by atoms with Crippen molar-refractivity contribution in [3.8, 4) is 0 Å². The van der Waals surface area contributed by atoms with Gasteiger partial charge in [-0.2, -0.15) is 0 Å². The number of aromatic nitrogens is 1. The number of nitrogens with one attached hydrogen (secondary N) is 1. The second kappa shape index (κ2) is 6.14. The minimum atomic E-state index is -0.198. The Labute approximate surface area is 89.7 Å². The summed E-state index contributed by atoms with van der Waals surface area (Å²) in [6, 6.07) is 5.93. The van der Waals surface area contributed by atoms with E-state index in [9.17, 15) is 4.79 Å². The Balaban J connectivity index is 2.31. The van der Waals surface area contributed by atoms with Crippen LogP contribution in [0.15, 0.2) is 24.4 Å². The topological polar surface area (TPSA) is 51.2 Å². The number of rotatable bonds is 5. The summed E-state index contributed by atoms with van der Waals surface area (Å²) >= 11 is 0. The summed E-state index contributed by atoms with van der Waals surface area (Å²) in [7, 11) is 1.39. The average Bonchev–Trinajstić information content (AvgIpc) is 2.29. The van der Waals surface area contributed by atoms with Crippen LogP contribution in [0.2, 0.25) is 0 Å². The molecule has 0 saturated heterocycles. The van der Waals surface area contributed by atoms with Gasteiger partial charge in [0.05, 0.1) is 19.2 Å². The van der Waals surface area contributed by atoms with Crippen LogP contribution < -0.4 is 5.32 Å². The van der Waals surface area contributed by atoms with E-state index in [0.717, 1.165) is 5.69 Å².